The zero-order chi connectivity index (χ0) is 20.8. The van der Waals surface area contributed by atoms with Crippen molar-refractivity contribution in [3.05, 3.63) is 77.2 Å². The van der Waals surface area contributed by atoms with E-state index in [2.05, 4.69) is 41.7 Å². The molecule has 30 heavy (non-hydrogen) atoms. The normalized spacial score (nSPS) is 16.0. The number of carbonyl (C=O) groups excluding carboxylic acids is 1. The van der Waals surface area contributed by atoms with E-state index in [9.17, 15) is 4.79 Å². The molecular formula is C24H26N2O4. The third-order valence-electron chi connectivity index (χ3n) is 5.40. The van der Waals surface area contributed by atoms with Gasteiger partial charge < -0.3 is 19.3 Å². The molecule has 1 aliphatic rings. The molecule has 1 fully saturated rings. The number of nitrogens with one attached hydrogen (secondary N) is 1. The minimum atomic E-state index is -0.233. The molecule has 6 heteroatoms. The lowest BCUT2D eigenvalue weighted by molar-refractivity contribution is 0.0874. The van der Waals surface area contributed by atoms with E-state index in [-0.39, 0.29) is 18.2 Å². The van der Waals surface area contributed by atoms with Crippen molar-refractivity contribution in [3.63, 3.8) is 0 Å². The highest BCUT2D eigenvalue weighted by Crippen LogP contribution is 2.26. The van der Waals surface area contributed by atoms with Crippen LogP contribution in [0.3, 0.4) is 0 Å². The van der Waals surface area contributed by atoms with E-state index in [4.69, 9.17) is 14.0 Å². The lowest BCUT2D eigenvalue weighted by Crippen LogP contribution is -2.29. The van der Waals surface area contributed by atoms with Gasteiger partial charge in [0.15, 0.2) is 11.5 Å². The highest BCUT2D eigenvalue weighted by molar-refractivity contribution is 5.92. The summed E-state index contributed by atoms with van der Waals surface area (Å²) in [4.78, 5) is 12.2. The van der Waals surface area contributed by atoms with Gasteiger partial charge in [0.25, 0.3) is 5.91 Å². The number of hydrogen-bond acceptors (Lipinski definition) is 5. The van der Waals surface area contributed by atoms with Crippen molar-refractivity contribution in [2.24, 2.45) is 5.92 Å². The Kier molecular flexibility index (Phi) is 6.57. The summed E-state index contributed by atoms with van der Waals surface area (Å²) in [5, 5.41) is 6.74. The van der Waals surface area contributed by atoms with Crippen LogP contribution in [0.2, 0.25) is 0 Å². The number of amides is 1. The van der Waals surface area contributed by atoms with Crippen molar-refractivity contribution in [1.29, 1.82) is 0 Å². The fourth-order valence-corrected chi connectivity index (χ4v) is 3.59. The maximum atomic E-state index is 12.2. The largest absolute Gasteiger partial charge is 0.381 e. The summed E-state index contributed by atoms with van der Waals surface area (Å²) >= 11 is 0. The standard InChI is InChI=1S/C24H26N2O4/c1-17-20(8-5-9-22(17)19-6-3-2-4-7-19)15-29-16-21-12-23(26-30-21)24(27)25-13-18-10-11-28-14-18/h2-9,12,18H,10-11,13-16H2,1H3,(H,25,27). The summed E-state index contributed by atoms with van der Waals surface area (Å²) < 4.78 is 16.4. The fourth-order valence-electron chi connectivity index (χ4n) is 3.59. The van der Waals surface area contributed by atoms with Crippen molar-refractivity contribution in [2.75, 3.05) is 19.8 Å². The molecule has 2 aromatic carbocycles. The average Bonchev–Trinajstić information content (AvgIpc) is 3.46. The van der Waals surface area contributed by atoms with Crippen LogP contribution in [0.4, 0.5) is 0 Å². The van der Waals surface area contributed by atoms with Gasteiger partial charge in [0.1, 0.15) is 6.61 Å². The van der Waals surface area contributed by atoms with Crippen molar-refractivity contribution in [1.82, 2.24) is 10.5 Å². The summed E-state index contributed by atoms with van der Waals surface area (Å²) in [6.45, 7) is 4.87. The molecule has 0 spiro atoms. The number of carbonyl (C=O) groups is 1. The second kappa shape index (κ2) is 9.69. The van der Waals surface area contributed by atoms with Crippen molar-refractivity contribution >= 4 is 5.91 Å². The first-order valence-electron chi connectivity index (χ1n) is 10.2. The van der Waals surface area contributed by atoms with Crippen LogP contribution in [-0.2, 0) is 22.7 Å². The number of ether oxygens (including phenoxy) is 2. The van der Waals surface area contributed by atoms with Gasteiger partial charge in [-0.1, -0.05) is 53.7 Å². The molecule has 4 rings (SSSR count). The molecule has 6 nitrogen and oxygen atoms in total. The smallest absolute Gasteiger partial charge is 0.273 e. The van der Waals surface area contributed by atoms with Crippen LogP contribution in [0, 0.1) is 12.8 Å². The van der Waals surface area contributed by atoms with Crippen LogP contribution in [0.15, 0.2) is 59.1 Å². The summed E-state index contributed by atoms with van der Waals surface area (Å²) in [6, 6.07) is 18.2. The molecule has 0 radical (unpaired) electrons. The molecule has 0 bridgehead atoms. The van der Waals surface area contributed by atoms with Crippen LogP contribution in [0.25, 0.3) is 11.1 Å². The Morgan fingerprint density at radius 1 is 1.17 bits per heavy atom. The summed E-state index contributed by atoms with van der Waals surface area (Å²) in [7, 11) is 0. The van der Waals surface area contributed by atoms with E-state index in [0.717, 1.165) is 18.6 Å². The van der Waals surface area contributed by atoms with Gasteiger partial charge in [0, 0.05) is 25.1 Å². The number of hydrogen-bond donors (Lipinski definition) is 1. The molecule has 1 aromatic heterocycles. The second-order valence-corrected chi connectivity index (χ2v) is 7.57. The van der Waals surface area contributed by atoms with Crippen molar-refractivity contribution in [3.8, 4) is 11.1 Å². The molecule has 1 unspecified atom stereocenters. The van der Waals surface area contributed by atoms with Gasteiger partial charge in [-0.25, -0.2) is 0 Å². The molecular weight excluding hydrogens is 380 g/mol. The van der Waals surface area contributed by atoms with Crippen LogP contribution in [0.1, 0.15) is 33.8 Å². The van der Waals surface area contributed by atoms with Crippen LogP contribution < -0.4 is 5.32 Å². The molecule has 1 saturated heterocycles. The van der Waals surface area contributed by atoms with E-state index in [1.165, 1.54) is 16.7 Å². The van der Waals surface area contributed by atoms with E-state index >= 15 is 0 Å². The Balaban J connectivity index is 1.30. The van der Waals surface area contributed by atoms with Gasteiger partial charge in [-0.15, -0.1) is 0 Å². The van der Waals surface area contributed by atoms with Gasteiger partial charge in [-0.2, -0.15) is 0 Å². The van der Waals surface area contributed by atoms with Gasteiger partial charge in [-0.05, 0) is 35.6 Å². The lowest BCUT2D eigenvalue weighted by atomic mass is 9.97. The minimum Gasteiger partial charge on any atom is -0.381 e. The zero-order valence-electron chi connectivity index (χ0n) is 17.1. The molecule has 156 valence electrons. The number of aromatic nitrogens is 1. The second-order valence-electron chi connectivity index (χ2n) is 7.57. The monoisotopic (exact) mass is 406 g/mol. The van der Waals surface area contributed by atoms with Crippen molar-refractivity contribution < 1.29 is 18.8 Å². The Hall–Kier alpha value is -2.96. The first-order chi connectivity index (χ1) is 14.7. The summed E-state index contributed by atoms with van der Waals surface area (Å²) in [5.74, 6) is 0.670. The predicted molar refractivity (Wildman–Crippen MR) is 113 cm³/mol. The first kappa shape index (κ1) is 20.3. The molecule has 1 atom stereocenters. The van der Waals surface area contributed by atoms with E-state index < -0.39 is 0 Å². The fraction of sp³-hybridized carbons (Fsp3) is 0.333. The summed E-state index contributed by atoms with van der Waals surface area (Å²) in [5.41, 5.74) is 4.97. The summed E-state index contributed by atoms with van der Waals surface area (Å²) in [6.07, 6.45) is 0.975. The van der Waals surface area contributed by atoms with E-state index in [1.54, 1.807) is 6.07 Å². The van der Waals surface area contributed by atoms with E-state index in [0.29, 0.717) is 31.4 Å². The lowest BCUT2D eigenvalue weighted by Gasteiger charge is -2.11. The quantitative estimate of drug-likeness (QED) is 0.609. The third-order valence-corrected chi connectivity index (χ3v) is 5.40. The molecule has 0 aliphatic carbocycles. The minimum absolute atomic E-state index is 0.233. The van der Waals surface area contributed by atoms with Crippen LogP contribution in [-0.4, -0.2) is 30.8 Å². The third kappa shape index (κ3) is 4.96. The Bertz CT molecular complexity index is 978. The molecule has 0 saturated carbocycles. The topological polar surface area (TPSA) is 73.6 Å². The SMILES string of the molecule is Cc1c(COCc2cc(C(=O)NCC3CCOC3)no2)cccc1-c1ccccc1. The molecule has 3 aromatic rings. The highest BCUT2D eigenvalue weighted by Gasteiger charge is 2.18. The molecule has 1 aliphatic heterocycles. The number of benzene rings is 2. The number of nitrogens with zero attached hydrogens (tertiary/aromatic N) is 1. The molecule has 1 N–H and O–H groups in total. The van der Waals surface area contributed by atoms with Crippen LogP contribution in [0.5, 0.6) is 0 Å². The maximum absolute atomic E-state index is 12.2. The Labute approximate surface area is 176 Å². The Morgan fingerprint density at radius 3 is 2.83 bits per heavy atom. The van der Waals surface area contributed by atoms with Crippen molar-refractivity contribution in [2.45, 2.75) is 26.6 Å². The number of rotatable bonds is 8. The first-order valence-corrected chi connectivity index (χ1v) is 10.2. The average molecular weight is 406 g/mol. The molecule has 1 amide bonds. The van der Waals surface area contributed by atoms with Crippen LogP contribution >= 0.6 is 0 Å². The zero-order valence-corrected chi connectivity index (χ0v) is 17.1. The van der Waals surface area contributed by atoms with Gasteiger partial charge in [0.05, 0.1) is 13.2 Å². The Morgan fingerprint density at radius 2 is 2.03 bits per heavy atom. The predicted octanol–water partition coefficient (Wildman–Crippen LogP) is 4.13. The van der Waals surface area contributed by atoms with Gasteiger partial charge >= 0.3 is 0 Å². The van der Waals surface area contributed by atoms with E-state index in [1.807, 2.05) is 24.3 Å². The van der Waals surface area contributed by atoms with Gasteiger partial charge in [-0.3, -0.25) is 4.79 Å². The molecule has 2 heterocycles. The maximum Gasteiger partial charge on any atom is 0.273 e. The van der Waals surface area contributed by atoms with Gasteiger partial charge in [0.2, 0.25) is 0 Å². The highest BCUT2D eigenvalue weighted by atomic mass is 16.5.